The molecule has 1 heterocycles. The van der Waals surface area contributed by atoms with E-state index in [1.54, 1.807) is 5.82 Å². The smallest absolute Gasteiger partial charge is 0.235 e. The van der Waals surface area contributed by atoms with Gasteiger partial charge in [-0.1, -0.05) is 149 Å². The monoisotopic (exact) mass is 490 g/mol. The van der Waals surface area contributed by atoms with Crippen molar-refractivity contribution in [3.05, 3.63) is 18.2 Å². The van der Waals surface area contributed by atoms with E-state index in [-0.39, 0.29) is 0 Å². The molecule has 35 heavy (non-hydrogen) atoms. The minimum atomic E-state index is 1.11. The summed E-state index contributed by atoms with van der Waals surface area (Å²) in [7, 11) is 0. The van der Waals surface area contributed by atoms with Gasteiger partial charge in [0, 0.05) is 6.42 Å². The first kappa shape index (κ1) is 32.2. The number of hydrogen-bond donors (Lipinski definition) is 0. The lowest BCUT2D eigenvalue weighted by Crippen LogP contribution is -2.37. The number of imidazole rings is 1. The molecule has 0 saturated carbocycles. The van der Waals surface area contributed by atoms with Crippen molar-refractivity contribution in [2.24, 2.45) is 0 Å². The van der Waals surface area contributed by atoms with Crippen molar-refractivity contribution >= 4 is 0 Å². The van der Waals surface area contributed by atoms with Crippen LogP contribution in [0, 0.1) is 0 Å². The van der Waals surface area contributed by atoms with Crippen LogP contribution >= 0.6 is 0 Å². The average molecular weight is 490 g/mol. The van der Waals surface area contributed by atoms with E-state index < -0.39 is 0 Å². The van der Waals surface area contributed by atoms with E-state index in [1.165, 1.54) is 167 Å². The largest absolute Gasteiger partial charge is 0.256 e. The van der Waals surface area contributed by atoms with Crippen molar-refractivity contribution in [1.82, 2.24) is 4.57 Å². The third-order valence-corrected chi connectivity index (χ3v) is 7.94. The van der Waals surface area contributed by atoms with E-state index in [0.29, 0.717) is 0 Å². The molecule has 0 N–H and O–H groups in total. The Morgan fingerprint density at radius 3 is 1.26 bits per heavy atom. The van der Waals surface area contributed by atoms with Gasteiger partial charge in [-0.15, -0.1) is 0 Å². The quantitative estimate of drug-likeness (QED) is 0.0858. The lowest BCUT2D eigenvalue weighted by atomic mass is 10.0. The fourth-order valence-corrected chi connectivity index (χ4v) is 5.52. The Kier molecular flexibility index (Phi) is 22.9. The Bertz CT molecular complexity index is 547. The summed E-state index contributed by atoms with van der Waals surface area (Å²) in [6.45, 7) is 9.23. The van der Waals surface area contributed by atoms with Crippen LogP contribution in [0.5, 0.6) is 0 Å². The van der Waals surface area contributed by atoms with Crippen LogP contribution in [-0.4, -0.2) is 4.57 Å². The first-order chi connectivity index (χ1) is 17.3. The third kappa shape index (κ3) is 18.2. The summed E-state index contributed by atoms with van der Waals surface area (Å²) in [6.07, 6.45) is 40.3. The SMILES string of the molecule is CCCCCCCCCCCCCCc1n(CC)cc[n+]1CCCCCCCCCCCCCC. The molecule has 0 aromatic carbocycles. The molecule has 0 amide bonds. The minimum absolute atomic E-state index is 1.11. The Hall–Kier alpha value is -0.790. The van der Waals surface area contributed by atoms with Crippen LogP contribution in [0.15, 0.2) is 12.4 Å². The van der Waals surface area contributed by atoms with Gasteiger partial charge in [0.15, 0.2) is 0 Å². The summed E-state index contributed by atoms with van der Waals surface area (Å²) >= 11 is 0. The van der Waals surface area contributed by atoms with Crippen molar-refractivity contribution in [1.29, 1.82) is 0 Å². The summed E-state index contributed by atoms with van der Waals surface area (Å²) in [5.41, 5.74) is 0. The van der Waals surface area contributed by atoms with Crippen LogP contribution in [0.3, 0.4) is 0 Å². The molecule has 1 aromatic heterocycles. The Morgan fingerprint density at radius 1 is 0.486 bits per heavy atom. The molecule has 0 unspecified atom stereocenters. The molecule has 0 spiro atoms. The molecule has 0 fully saturated rings. The third-order valence-electron chi connectivity index (χ3n) is 7.94. The van der Waals surface area contributed by atoms with E-state index in [4.69, 9.17) is 0 Å². The molecular weight excluding hydrogens is 424 g/mol. The number of unbranched alkanes of at least 4 members (excludes halogenated alkanes) is 22. The molecule has 0 bridgehead atoms. The second kappa shape index (κ2) is 24.9. The van der Waals surface area contributed by atoms with Crippen LogP contribution in [0.4, 0.5) is 0 Å². The van der Waals surface area contributed by atoms with Crippen LogP contribution in [0.25, 0.3) is 0 Å². The van der Waals surface area contributed by atoms with Gasteiger partial charge in [-0.3, -0.25) is 0 Å². The normalized spacial score (nSPS) is 11.5. The van der Waals surface area contributed by atoms with E-state index >= 15 is 0 Å². The zero-order valence-corrected chi connectivity index (χ0v) is 24.6. The summed E-state index contributed by atoms with van der Waals surface area (Å²) in [5.74, 6) is 1.57. The van der Waals surface area contributed by atoms with Gasteiger partial charge in [-0.2, -0.15) is 0 Å². The number of rotatable bonds is 27. The summed E-state index contributed by atoms with van der Waals surface area (Å²) in [5, 5.41) is 0. The molecule has 0 aliphatic heterocycles. The molecule has 0 aliphatic rings. The molecule has 0 aliphatic carbocycles. The Morgan fingerprint density at radius 2 is 0.857 bits per heavy atom. The fraction of sp³-hybridized carbons (Fsp3) is 0.909. The molecule has 0 radical (unpaired) electrons. The van der Waals surface area contributed by atoms with E-state index in [2.05, 4.69) is 42.3 Å². The van der Waals surface area contributed by atoms with Gasteiger partial charge in [0.1, 0.15) is 12.4 Å². The first-order valence-corrected chi connectivity index (χ1v) is 16.4. The van der Waals surface area contributed by atoms with Crippen LogP contribution in [-0.2, 0) is 19.5 Å². The number of aryl methyl sites for hydroxylation is 2. The zero-order chi connectivity index (χ0) is 25.2. The highest BCUT2D eigenvalue weighted by Crippen LogP contribution is 2.14. The average Bonchev–Trinajstić information content (AvgIpc) is 3.27. The molecule has 2 heteroatoms. The van der Waals surface area contributed by atoms with Gasteiger partial charge in [0.2, 0.25) is 0 Å². The highest BCUT2D eigenvalue weighted by molar-refractivity contribution is 4.83. The number of hydrogen-bond acceptors (Lipinski definition) is 0. The van der Waals surface area contributed by atoms with Gasteiger partial charge in [0.25, 0.3) is 5.82 Å². The molecule has 0 atom stereocenters. The van der Waals surface area contributed by atoms with Gasteiger partial charge in [-0.05, 0) is 26.2 Å². The number of aromatic nitrogens is 2. The van der Waals surface area contributed by atoms with Crippen molar-refractivity contribution in [3.63, 3.8) is 0 Å². The maximum Gasteiger partial charge on any atom is 0.256 e. The van der Waals surface area contributed by atoms with Gasteiger partial charge < -0.3 is 0 Å². The molecule has 0 saturated heterocycles. The predicted octanol–water partition coefficient (Wildman–Crippen LogP) is 10.7. The Balaban J connectivity index is 2.04. The summed E-state index contributed by atoms with van der Waals surface area (Å²) in [6, 6.07) is 0. The molecule has 206 valence electrons. The molecular formula is C33H65N2+. The number of nitrogens with zero attached hydrogens (tertiary/aromatic N) is 2. The standard InChI is InChI=1S/C33H65N2/c1-4-7-9-11-13-15-17-19-21-23-25-27-29-33-34(6-3)31-32-35(33)30-28-26-24-22-20-18-16-14-12-10-8-5-2/h31-32H,4-30H2,1-3H3/q+1. The van der Waals surface area contributed by atoms with E-state index in [9.17, 15) is 0 Å². The second-order valence-electron chi connectivity index (χ2n) is 11.2. The van der Waals surface area contributed by atoms with Crippen LogP contribution in [0.1, 0.15) is 181 Å². The van der Waals surface area contributed by atoms with E-state index in [0.717, 1.165) is 6.54 Å². The molecule has 1 rings (SSSR count). The zero-order valence-electron chi connectivity index (χ0n) is 24.6. The maximum atomic E-state index is 2.57. The summed E-state index contributed by atoms with van der Waals surface area (Å²) < 4.78 is 5.05. The fourth-order valence-electron chi connectivity index (χ4n) is 5.52. The summed E-state index contributed by atoms with van der Waals surface area (Å²) in [4.78, 5) is 0. The van der Waals surface area contributed by atoms with Gasteiger partial charge >= 0.3 is 0 Å². The van der Waals surface area contributed by atoms with Crippen molar-refractivity contribution in [3.8, 4) is 0 Å². The maximum absolute atomic E-state index is 2.57. The first-order valence-electron chi connectivity index (χ1n) is 16.4. The van der Waals surface area contributed by atoms with Gasteiger partial charge in [-0.25, -0.2) is 9.13 Å². The lowest BCUT2D eigenvalue weighted by molar-refractivity contribution is -0.704. The highest BCUT2D eigenvalue weighted by atomic mass is 15.1. The van der Waals surface area contributed by atoms with Crippen molar-refractivity contribution < 1.29 is 4.57 Å². The lowest BCUT2D eigenvalue weighted by Gasteiger charge is -2.06. The van der Waals surface area contributed by atoms with Crippen molar-refractivity contribution in [2.75, 3.05) is 0 Å². The minimum Gasteiger partial charge on any atom is -0.235 e. The van der Waals surface area contributed by atoms with Crippen LogP contribution in [0.2, 0.25) is 0 Å². The predicted molar refractivity (Wildman–Crippen MR) is 156 cm³/mol. The highest BCUT2D eigenvalue weighted by Gasteiger charge is 2.15. The Labute approximate surface area is 221 Å². The van der Waals surface area contributed by atoms with E-state index in [1.807, 2.05) is 0 Å². The topological polar surface area (TPSA) is 8.81 Å². The van der Waals surface area contributed by atoms with Gasteiger partial charge in [0.05, 0.1) is 13.1 Å². The molecule has 2 nitrogen and oxygen atoms in total. The van der Waals surface area contributed by atoms with Crippen LogP contribution < -0.4 is 4.57 Å². The molecule has 1 aromatic rings. The second-order valence-corrected chi connectivity index (χ2v) is 11.2. The van der Waals surface area contributed by atoms with Crippen molar-refractivity contribution in [2.45, 2.75) is 194 Å².